The number of anilines is 1. The molecule has 0 aliphatic carbocycles. The summed E-state index contributed by atoms with van der Waals surface area (Å²) in [7, 11) is 0. The molecule has 0 saturated heterocycles. The Balaban J connectivity index is 2.15. The first-order chi connectivity index (χ1) is 11.5. The normalized spacial score (nSPS) is 10.9. The number of aryl methyl sites for hydroxylation is 1. The maximum absolute atomic E-state index is 12.6. The lowest BCUT2D eigenvalue weighted by Crippen LogP contribution is -2.13. The summed E-state index contributed by atoms with van der Waals surface area (Å²) in [5.74, 6) is 0.679. The maximum atomic E-state index is 12.6. The van der Waals surface area contributed by atoms with Crippen molar-refractivity contribution in [3.63, 3.8) is 0 Å². The smallest absolute Gasteiger partial charge is 0.262 e. The van der Waals surface area contributed by atoms with E-state index in [1.54, 1.807) is 10.9 Å². The fourth-order valence-electron chi connectivity index (χ4n) is 2.36. The van der Waals surface area contributed by atoms with E-state index < -0.39 is 0 Å². The molecule has 0 atom stereocenters. The van der Waals surface area contributed by atoms with Crippen LogP contribution < -0.4 is 10.1 Å². The lowest BCUT2D eigenvalue weighted by Gasteiger charge is -2.08. The number of amides is 1. The van der Waals surface area contributed by atoms with Crippen molar-refractivity contribution < 1.29 is 9.53 Å². The van der Waals surface area contributed by atoms with Crippen molar-refractivity contribution in [1.29, 1.82) is 0 Å². The van der Waals surface area contributed by atoms with E-state index in [-0.39, 0.29) is 5.91 Å². The summed E-state index contributed by atoms with van der Waals surface area (Å²) < 4.78 is 7.40. The van der Waals surface area contributed by atoms with Crippen LogP contribution in [0, 0.1) is 0 Å². The van der Waals surface area contributed by atoms with E-state index in [4.69, 9.17) is 4.74 Å². The number of nitrogens with zero attached hydrogens (tertiary/aromatic N) is 2. The van der Waals surface area contributed by atoms with Gasteiger partial charge in [-0.3, -0.25) is 9.48 Å². The van der Waals surface area contributed by atoms with Gasteiger partial charge in [0.15, 0.2) is 0 Å². The van der Waals surface area contributed by atoms with Gasteiger partial charge in [-0.05, 0) is 36.5 Å². The van der Waals surface area contributed by atoms with Gasteiger partial charge in [-0.25, -0.2) is 0 Å². The largest absolute Gasteiger partial charge is 0.476 e. The second kappa shape index (κ2) is 8.52. The lowest BCUT2D eigenvalue weighted by molar-refractivity contribution is 0.102. The predicted molar refractivity (Wildman–Crippen MR) is 96.8 cm³/mol. The molecule has 1 aromatic heterocycles. The highest BCUT2D eigenvalue weighted by molar-refractivity contribution is 6.05. The molecule has 0 spiro atoms. The zero-order valence-electron chi connectivity index (χ0n) is 15.0. The Morgan fingerprint density at radius 3 is 2.50 bits per heavy atom. The summed E-state index contributed by atoms with van der Waals surface area (Å²) >= 11 is 0. The monoisotopic (exact) mass is 329 g/mol. The number of nitrogens with one attached hydrogen (secondary N) is 1. The molecule has 0 aliphatic rings. The number of ether oxygens (including phenoxy) is 1. The Morgan fingerprint density at radius 1 is 1.21 bits per heavy atom. The minimum absolute atomic E-state index is 0.194. The molecule has 1 heterocycles. The van der Waals surface area contributed by atoms with Gasteiger partial charge in [0.05, 0.1) is 6.61 Å². The minimum atomic E-state index is -0.194. The number of carbonyl (C=O) groups is 1. The maximum Gasteiger partial charge on any atom is 0.262 e. The van der Waals surface area contributed by atoms with Gasteiger partial charge in [0.1, 0.15) is 5.56 Å². The van der Waals surface area contributed by atoms with Crippen LogP contribution in [0.2, 0.25) is 0 Å². The van der Waals surface area contributed by atoms with E-state index >= 15 is 0 Å². The first-order valence-corrected chi connectivity index (χ1v) is 8.66. The lowest BCUT2D eigenvalue weighted by atomic mass is 10.0. The van der Waals surface area contributed by atoms with Gasteiger partial charge in [0, 0.05) is 18.4 Å². The summed E-state index contributed by atoms with van der Waals surface area (Å²) in [6.45, 7) is 9.70. The molecule has 1 amide bonds. The van der Waals surface area contributed by atoms with Crippen LogP contribution in [0.15, 0.2) is 30.5 Å². The van der Waals surface area contributed by atoms with Crippen molar-refractivity contribution >= 4 is 11.6 Å². The number of hydrogen-bond donors (Lipinski definition) is 1. The van der Waals surface area contributed by atoms with Crippen LogP contribution in [0.1, 0.15) is 62.4 Å². The van der Waals surface area contributed by atoms with Gasteiger partial charge < -0.3 is 10.1 Å². The third-order valence-corrected chi connectivity index (χ3v) is 3.70. The predicted octanol–water partition coefficient (Wildman–Crippen LogP) is 4.46. The Labute approximate surface area is 144 Å². The highest BCUT2D eigenvalue weighted by Crippen LogP contribution is 2.21. The van der Waals surface area contributed by atoms with E-state index in [9.17, 15) is 4.79 Å². The third-order valence-electron chi connectivity index (χ3n) is 3.70. The van der Waals surface area contributed by atoms with Gasteiger partial charge in [-0.1, -0.05) is 39.8 Å². The topological polar surface area (TPSA) is 56.2 Å². The average molecular weight is 329 g/mol. The molecule has 130 valence electrons. The first kappa shape index (κ1) is 18.0. The van der Waals surface area contributed by atoms with E-state index in [2.05, 4.69) is 31.2 Å². The van der Waals surface area contributed by atoms with Crippen LogP contribution in [0.4, 0.5) is 5.69 Å². The van der Waals surface area contributed by atoms with Crippen LogP contribution >= 0.6 is 0 Å². The second-order valence-electron chi connectivity index (χ2n) is 6.19. The molecule has 24 heavy (non-hydrogen) atoms. The Hall–Kier alpha value is -2.30. The quantitative estimate of drug-likeness (QED) is 0.778. The molecule has 1 aromatic carbocycles. The fraction of sp³-hybridized carbons (Fsp3) is 0.474. The summed E-state index contributed by atoms with van der Waals surface area (Å²) in [5.41, 5.74) is 2.50. The molecule has 2 aromatic rings. The standard InChI is InChI=1S/C19H27N3O2/c1-5-11-22-13-17(19(21-22)24-12-6-2)18(23)20-16-9-7-15(8-10-16)14(3)4/h7-10,13-14H,5-6,11-12H2,1-4H3,(H,20,23). The van der Waals surface area contributed by atoms with Gasteiger partial charge in [0.2, 0.25) is 5.88 Å². The van der Waals surface area contributed by atoms with Crippen molar-refractivity contribution in [1.82, 2.24) is 9.78 Å². The molecule has 0 bridgehead atoms. The molecule has 1 N–H and O–H groups in total. The van der Waals surface area contributed by atoms with Crippen LogP contribution in [-0.4, -0.2) is 22.3 Å². The summed E-state index contributed by atoms with van der Waals surface area (Å²) in [6.07, 6.45) is 3.58. The first-order valence-electron chi connectivity index (χ1n) is 8.66. The SMILES string of the molecule is CCCOc1nn(CCC)cc1C(=O)Nc1ccc(C(C)C)cc1. The minimum Gasteiger partial charge on any atom is -0.476 e. The fourth-order valence-corrected chi connectivity index (χ4v) is 2.36. The Kier molecular flexibility index (Phi) is 6.41. The van der Waals surface area contributed by atoms with E-state index in [1.807, 2.05) is 31.2 Å². The molecule has 0 aliphatic heterocycles. The molecule has 0 saturated carbocycles. The number of rotatable bonds is 8. The third kappa shape index (κ3) is 4.60. The Bertz CT molecular complexity index is 660. The van der Waals surface area contributed by atoms with Crippen LogP contribution in [0.5, 0.6) is 5.88 Å². The van der Waals surface area contributed by atoms with E-state index in [0.717, 1.165) is 25.1 Å². The van der Waals surface area contributed by atoms with Gasteiger partial charge >= 0.3 is 0 Å². The number of carbonyl (C=O) groups excluding carboxylic acids is 1. The summed E-state index contributed by atoms with van der Waals surface area (Å²) in [6, 6.07) is 7.93. The van der Waals surface area contributed by atoms with Crippen LogP contribution in [0.3, 0.4) is 0 Å². The van der Waals surface area contributed by atoms with Crippen LogP contribution in [-0.2, 0) is 6.54 Å². The zero-order chi connectivity index (χ0) is 17.5. The number of hydrogen-bond acceptors (Lipinski definition) is 3. The molecular formula is C19H27N3O2. The van der Waals surface area contributed by atoms with Crippen molar-refractivity contribution in [2.24, 2.45) is 0 Å². The van der Waals surface area contributed by atoms with Gasteiger partial charge in [-0.2, -0.15) is 0 Å². The van der Waals surface area contributed by atoms with Gasteiger partial charge in [-0.15, -0.1) is 5.10 Å². The molecule has 0 radical (unpaired) electrons. The average Bonchev–Trinajstić information content (AvgIpc) is 2.96. The highest BCUT2D eigenvalue weighted by Gasteiger charge is 2.18. The van der Waals surface area contributed by atoms with Gasteiger partial charge in [0.25, 0.3) is 5.91 Å². The molecule has 0 fully saturated rings. The van der Waals surface area contributed by atoms with Crippen molar-refractivity contribution in [3.05, 3.63) is 41.6 Å². The van der Waals surface area contributed by atoms with E-state index in [0.29, 0.717) is 24.0 Å². The van der Waals surface area contributed by atoms with Crippen LogP contribution in [0.25, 0.3) is 0 Å². The molecule has 0 unspecified atom stereocenters. The number of aromatic nitrogens is 2. The molecule has 5 nitrogen and oxygen atoms in total. The molecule has 2 rings (SSSR count). The van der Waals surface area contributed by atoms with Crippen molar-refractivity contribution in [2.45, 2.75) is 53.0 Å². The molecular weight excluding hydrogens is 302 g/mol. The van der Waals surface area contributed by atoms with E-state index in [1.165, 1.54) is 5.56 Å². The summed E-state index contributed by atoms with van der Waals surface area (Å²) in [4.78, 5) is 12.6. The highest BCUT2D eigenvalue weighted by atomic mass is 16.5. The molecule has 5 heteroatoms. The number of benzene rings is 1. The zero-order valence-corrected chi connectivity index (χ0v) is 15.0. The Morgan fingerprint density at radius 2 is 1.92 bits per heavy atom. The second-order valence-corrected chi connectivity index (χ2v) is 6.19. The van der Waals surface area contributed by atoms with Crippen molar-refractivity contribution in [3.8, 4) is 5.88 Å². The summed E-state index contributed by atoms with van der Waals surface area (Å²) in [5, 5.41) is 7.30. The van der Waals surface area contributed by atoms with Crippen molar-refractivity contribution in [2.75, 3.05) is 11.9 Å².